The van der Waals surface area contributed by atoms with E-state index in [1.807, 2.05) is 37.3 Å². The van der Waals surface area contributed by atoms with Gasteiger partial charge in [-0.15, -0.1) is 0 Å². The first-order chi connectivity index (χ1) is 9.33. The predicted octanol–water partition coefficient (Wildman–Crippen LogP) is 3.65. The Morgan fingerprint density at radius 3 is 2.63 bits per heavy atom. The van der Waals surface area contributed by atoms with E-state index in [1.54, 1.807) is 29.9 Å². The molecule has 0 aliphatic heterocycles. The van der Waals surface area contributed by atoms with Crippen LogP contribution in [0.5, 0.6) is 0 Å². The number of anilines is 2. The molecule has 4 nitrogen and oxygen atoms in total. The molecule has 1 N–H and O–H groups in total. The lowest BCUT2D eigenvalue weighted by Gasteiger charge is -1.99. The van der Waals surface area contributed by atoms with Crippen molar-refractivity contribution in [3.8, 4) is 10.4 Å². The lowest BCUT2D eigenvalue weighted by Crippen LogP contribution is -1.91. The van der Waals surface area contributed by atoms with Gasteiger partial charge in [0.2, 0.25) is 0 Å². The van der Waals surface area contributed by atoms with E-state index in [0.29, 0.717) is 0 Å². The van der Waals surface area contributed by atoms with Crippen LogP contribution in [0.4, 0.5) is 10.9 Å². The highest BCUT2D eigenvalue weighted by molar-refractivity contribution is 7.19. The van der Waals surface area contributed by atoms with Gasteiger partial charge >= 0.3 is 0 Å². The van der Waals surface area contributed by atoms with Crippen molar-refractivity contribution in [3.63, 3.8) is 0 Å². The molecule has 0 aliphatic carbocycles. The Labute approximate surface area is 115 Å². The molecule has 0 saturated heterocycles. The zero-order valence-corrected chi connectivity index (χ0v) is 11.2. The predicted molar refractivity (Wildman–Crippen MR) is 77.6 cm³/mol. The van der Waals surface area contributed by atoms with Gasteiger partial charge in [0.15, 0.2) is 5.13 Å². The van der Waals surface area contributed by atoms with Crippen LogP contribution < -0.4 is 5.32 Å². The SMILES string of the molecule is Cc1nc(Nc2ccccn2)sc1-c1ccncc1. The van der Waals surface area contributed by atoms with Crippen molar-refractivity contribution in [1.29, 1.82) is 0 Å². The average molecular weight is 268 g/mol. The van der Waals surface area contributed by atoms with Gasteiger partial charge in [-0.3, -0.25) is 4.98 Å². The molecule has 0 amide bonds. The van der Waals surface area contributed by atoms with Crippen molar-refractivity contribution in [2.45, 2.75) is 6.92 Å². The first-order valence-corrected chi connectivity index (χ1v) is 6.70. The Balaban J connectivity index is 1.90. The summed E-state index contributed by atoms with van der Waals surface area (Å²) in [5.41, 5.74) is 2.15. The van der Waals surface area contributed by atoms with Gasteiger partial charge in [-0.25, -0.2) is 9.97 Å². The van der Waals surface area contributed by atoms with E-state index in [-0.39, 0.29) is 0 Å². The maximum absolute atomic E-state index is 4.53. The molecule has 0 bridgehead atoms. The summed E-state index contributed by atoms with van der Waals surface area (Å²) >= 11 is 1.62. The normalized spacial score (nSPS) is 10.4. The first kappa shape index (κ1) is 11.8. The van der Waals surface area contributed by atoms with Gasteiger partial charge in [-0.2, -0.15) is 0 Å². The third kappa shape index (κ3) is 2.61. The molecule has 3 heterocycles. The van der Waals surface area contributed by atoms with Crippen LogP contribution in [0.25, 0.3) is 10.4 Å². The Bertz CT molecular complexity index is 664. The highest BCUT2D eigenvalue weighted by Gasteiger charge is 2.09. The molecule has 0 fully saturated rings. The number of nitrogens with zero attached hydrogens (tertiary/aromatic N) is 3. The summed E-state index contributed by atoms with van der Waals surface area (Å²) in [5, 5.41) is 4.07. The lowest BCUT2D eigenvalue weighted by molar-refractivity contribution is 1.24. The van der Waals surface area contributed by atoms with Crippen molar-refractivity contribution in [1.82, 2.24) is 15.0 Å². The van der Waals surface area contributed by atoms with Crippen LogP contribution in [-0.2, 0) is 0 Å². The van der Waals surface area contributed by atoms with Gasteiger partial charge in [-0.1, -0.05) is 17.4 Å². The largest absolute Gasteiger partial charge is 0.316 e. The number of hydrogen-bond acceptors (Lipinski definition) is 5. The summed E-state index contributed by atoms with van der Waals surface area (Å²) in [7, 11) is 0. The number of hydrogen-bond donors (Lipinski definition) is 1. The molecule has 3 aromatic rings. The molecule has 19 heavy (non-hydrogen) atoms. The molecule has 0 radical (unpaired) electrons. The molecular formula is C14H12N4S. The minimum atomic E-state index is 0.803. The Morgan fingerprint density at radius 2 is 1.89 bits per heavy atom. The number of pyridine rings is 2. The standard InChI is InChI=1S/C14H12N4S/c1-10-13(11-5-8-15-9-6-11)19-14(17-10)18-12-4-2-3-7-16-12/h2-9H,1H3,(H,16,17,18). The Morgan fingerprint density at radius 1 is 1.05 bits per heavy atom. The second-order valence-corrected chi connectivity index (χ2v) is 5.01. The number of thiazole rings is 1. The fraction of sp³-hybridized carbons (Fsp3) is 0.0714. The molecule has 3 rings (SSSR count). The molecule has 0 aliphatic rings. The van der Waals surface area contributed by atoms with Gasteiger partial charge in [0, 0.05) is 18.6 Å². The van der Waals surface area contributed by atoms with Crippen LogP contribution in [0.1, 0.15) is 5.69 Å². The Kier molecular flexibility index (Phi) is 3.20. The van der Waals surface area contributed by atoms with E-state index >= 15 is 0 Å². The van der Waals surface area contributed by atoms with E-state index in [9.17, 15) is 0 Å². The third-order valence-electron chi connectivity index (χ3n) is 2.64. The van der Waals surface area contributed by atoms with Gasteiger partial charge in [0.25, 0.3) is 0 Å². The number of nitrogens with one attached hydrogen (secondary N) is 1. The number of rotatable bonds is 3. The van der Waals surface area contributed by atoms with Crippen molar-refractivity contribution in [2.24, 2.45) is 0 Å². The molecule has 0 spiro atoms. The van der Waals surface area contributed by atoms with Crippen LogP contribution in [0, 0.1) is 6.92 Å². The second-order valence-electron chi connectivity index (χ2n) is 4.01. The fourth-order valence-electron chi connectivity index (χ4n) is 1.77. The van der Waals surface area contributed by atoms with Gasteiger partial charge in [-0.05, 0) is 36.8 Å². The molecule has 0 aromatic carbocycles. The number of aryl methyl sites for hydroxylation is 1. The molecule has 94 valence electrons. The van der Waals surface area contributed by atoms with Crippen molar-refractivity contribution < 1.29 is 0 Å². The quantitative estimate of drug-likeness (QED) is 0.787. The molecule has 0 unspecified atom stereocenters. The van der Waals surface area contributed by atoms with Gasteiger partial charge < -0.3 is 5.32 Å². The zero-order chi connectivity index (χ0) is 13.1. The van der Waals surface area contributed by atoms with E-state index < -0.39 is 0 Å². The van der Waals surface area contributed by atoms with Gasteiger partial charge in [0.05, 0.1) is 10.6 Å². The smallest absolute Gasteiger partial charge is 0.189 e. The lowest BCUT2D eigenvalue weighted by atomic mass is 10.2. The minimum absolute atomic E-state index is 0.803. The third-order valence-corrected chi connectivity index (χ3v) is 3.76. The van der Waals surface area contributed by atoms with Gasteiger partial charge in [0.1, 0.15) is 5.82 Å². The van der Waals surface area contributed by atoms with Crippen molar-refractivity contribution >= 4 is 22.3 Å². The molecule has 3 aromatic heterocycles. The van der Waals surface area contributed by atoms with Crippen LogP contribution in [0.15, 0.2) is 48.9 Å². The first-order valence-electron chi connectivity index (χ1n) is 5.89. The summed E-state index contributed by atoms with van der Waals surface area (Å²) in [6.45, 7) is 2.01. The summed E-state index contributed by atoms with van der Waals surface area (Å²) < 4.78 is 0. The molecular weight excluding hydrogens is 256 g/mol. The maximum atomic E-state index is 4.53. The topological polar surface area (TPSA) is 50.7 Å². The Hall–Kier alpha value is -2.27. The highest BCUT2D eigenvalue weighted by atomic mass is 32.1. The monoisotopic (exact) mass is 268 g/mol. The summed E-state index contributed by atoms with van der Waals surface area (Å²) in [4.78, 5) is 13.9. The van der Waals surface area contributed by atoms with Crippen LogP contribution >= 0.6 is 11.3 Å². The summed E-state index contributed by atoms with van der Waals surface area (Å²) in [5.74, 6) is 0.803. The van der Waals surface area contributed by atoms with E-state index in [4.69, 9.17) is 0 Å². The van der Waals surface area contributed by atoms with E-state index in [0.717, 1.165) is 27.1 Å². The zero-order valence-electron chi connectivity index (χ0n) is 10.4. The van der Waals surface area contributed by atoms with E-state index in [1.165, 1.54) is 0 Å². The molecule has 0 atom stereocenters. The summed E-state index contributed by atoms with van der Waals surface area (Å²) in [6.07, 6.45) is 5.34. The minimum Gasteiger partial charge on any atom is -0.316 e. The second kappa shape index (κ2) is 5.16. The van der Waals surface area contributed by atoms with E-state index in [2.05, 4.69) is 20.3 Å². The summed E-state index contributed by atoms with van der Waals surface area (Å²) in [6, 6.07) is 9.74. The average Bonchev–Trinajstić information content (AvgIpc) is 2.82. The fourth-order valence-corrected chi connectivity index (χ4v) is 2.75. The number of aromatic nitrogens is 3. The maximum Gasteiger partial charge on any atom is 0.189 e. The van der Waals surface area contributed by atoms with Crippen LogP contribution in [0.3, 0.4) is 0 Å². The van der Waals surface area contributed by atoms with Crippen LogP contribution in [0.2, 0.25) is 0 Å². The molecule has 0 saturated carbocycles. The van der Waals surface area contributed by atoms with Crippen molar-refractivity contribution in [2.75, 3.05) is 5.32 Å². The van der Waals surface area contributed by atoms with Crippen molar-refractivity contribution in [3.05, 3.63) is 54.6 Å². The highest BCUT2D eigenvalue weighted by Crippen LogP contribution is 2.33. The van der Waals surface area contributed by atoms with Crippen LogP contribution in [-0.4, -0.2) is 15.0 Å². The molecule has 5 heteroatoms.